The molecule has 100 valence electrons. The molecule has 0 aliphatic heterocycles. The Hall–Kier alpha value is -1.63. The number of nitrogens with one attached hydrogen (secondary N) is 2. The van der Waals surface area contributed by atoms with E-state index in [0.717, 1.165) is 11.3 Å². The molecule has 0 spiro atoms. The number of carboxylic acids is 1. The summed E-state index contributed by atoms with van der Waals surface area (Å²) in [6, 6.07) is 0. The molecule has 0 unspecified atom stereocenters. The SMILES string of the molecule is CCC(CC)(CNC(=O)c1csc(=O)[nH]1)C(=O)O. The Morgan fingerprint density at radius 1 is 1.44 bits per heavy atom. The highest BCUT2D eigenvalue weighted by Crippen LogP contribution is 2.25. The molecule has 0 atom stereocenters. The molecular formula is C11H16N2O4S. The van der Waals surface area contributed by atoms with Gasteiger partial charge in [0.05, 0.1) is 5.41 Å². The predicted octanol–water partition coefficient (Wildman–Crippen LogP) is 1.06. The van der Waals surface area contributed by atoms with Gasteiger partial charge in [-0.15, -0.1) is 0 Å². The highest BCUT2D eigenvalue weighted by Gasteiger charge is 2.35. The maximum absolute atomic E-state index is 11.7. The number of aliphatic carboxylic acids is 1. The van der Waals surface area contributed by atoms with Gasteiger partial charge in [-0.3, -0.25) is 14.4 Å². The monoisotopic (exact) mass is 272 g/mol. The van der Waals surface area contributed by atoms with Crippen LogP contribution in [0.1, 0.15) is 37.2 Å². The Morgan fingerprint density at radius 2 is 2.06 bits per heavy atom. The van der Waals surface area contributed by atoms with E-state index in [0.29, 0.717) is 12.8 Å². The van der Waals surface area contributed by atoms with Crippen molar-refractivity contribution in [1.29, 1.82) is 0 Å². The quantitative estimate of drug-likeness (QED) is 0.721. The van der Waals surface area contributed by atoms with Crippen LogP contribution in [-0.2, 0) is 4.79 Å². The van der Waals surface area contributed by atoms with Gasteiger partial charge in [-0.25, -0.2) is 0 Å². The minimum atomic E-state index is -0.952. The smallest absolute Gasteiger partial charge is 0.311 e. The summed E-state index contributed by atoms with van der Waals surface area (Å²) in [5, 5.41) is 13.2. The molecule has 18 heavy (non-hydrogen) atoms. The number of carbonyl (C=O) groups is 2. The molecule has 1 amide bonds. The Balaban J connectivity index is 2.71. The van der Waals surface area contributed by atoms with Gasteiger partial charge in [0, 0.05) is 11.9 Å². The van der Waals surface area contributed by atoms with Crippen LogP contribution in [0.2, 0.25) is 0 Å². The largest absolute Gasteiger partial charge is 0.481 e. The van der Waals surface area contributed by atoms with E-state index in [4.69, 9.17) is 0 Å². The van der Waals surface area contributed by atoms with Crippen molar-refractivity contribution in [2.24, 2.45) is 5.41 Å². The zero-order valence-corrected chi connectivity index (χ0v) is 11.1. The molecule has 3 N–H and O–H groups in total. The van der Waals surface area contributed by atoms with Crippen molar-refractivity contribution in [3.63, 3.8) is 0 Å². The number of aromatic amines is 1. The predicted molar refractivity (Wildman–Crippen MR) is 67.9 cm³/mol. The first-order valence-corrected chi connectivity index (χ1v) is 6.52. The van der Waals surface area contributed by atoms with Gasteiger partial charge < -0.3 is 15.4 Å². The molecule has 1 aromatic rings. The Bertz CT molecular complexity index is 487. The lowest BCUT2D eigenvalue weighted by atomic mass is 9.82. The van der Waals surface area contributed by atoms with Crippen LogP contribution in [0.3, 0.4) is 0 Å². The molecule has 0 saturated carbocycles. The van der Waals surface area contributed by atoms with Gasteiger partial charge >= 0.3 is 10.8 Å². The van der Waals surface area contributed by atoms with Crippen LogP contribution >= 0.6 is 11.3 Å². The van der Waals surface area contributed by atoms with Gasteiger partial charge in [-0.2, -0.15) is 0 Å². The lowest BCUT2D eigenvalue weighted by molar-refractivity contribution is -0.149. The van der Waals surface area contributed by atoms with E-state index in [1.807, 2.05) is 0 Å². The first-order valence-electron chi connectivity index (χ1n) is 5.64. The molecule has 0 aliphatic carbocycles. The molecule has 0 radical (unpaired) electrons. The van der Waals surface area contributed by atoms with Gasteiger partial charge in [0.15, 0.2) is 0 Å². The molecule has 0 aliphatic rings. The molecule has 0 bridgehead atoms. The molecule has 1 rings (SSSR count). The van der Waals surface area contributed by atoms with Crippen molar-refractivity contribution in [3.8, 4) is 0 Å². The van der Waals surface area contributed by atoms with Crippen LogP contribution in [0.4, 0.5) is 0 Å². The van der Waals surface area contributed by atoms with Crippen LogP contribution in [-0.4, -0.2) is 28.5 Å². The highest BCUT2D eigenvalue weighted by molar-refractivity contribution is 7.07. The van der Waals surface area contributed by atoms with Gasteiger partial charge in [0.2, 0.25) is 0 Å². The number of rotatable bonds is 6. The summed E-state index contributed by atoms with van der Waals surface area (Å²) >= 11 is 0.896. The average molecular weight is 272 g/mol. The Morgan fingerprint density at radius 3 is 2.44 bits per heavy atom. The van der Waals surface area contributed by atoms with Gasteiger partial charge in [-0.05, 0) is 12.8 Å². The summed E-state index contributed by atoms with van der Waals surface area (Å²) in [4.78, 5) is 35.9. The fraction of sp³-hybridized carbons (Fsp3) is 0.545. The third-order valence-electron chi connectivity index (χ3n) is 3.16. The molecular weight excluding hydrogens is 256 g/mol. The van der Waals surface area contributed by atoms with Crippen molar-refractivity contribution in [3.05, 3.63) is 20.7 Å². The van der Waals surface area contributed by atoms with Crippen LogP contribution in [0.25, 0.3) is 0 Å². The lowest BCUT2D eigenvalue weighted by Gasteiger charge is -2.26. The number of H-pyrrole nitrogens is 1. The Kier molecular flexibility index (Phi) is 4.66. The summed E-state index contributed by atoms with van der Waals surface area (Å²) in [6.45, 7) is 3.60. The second-order valence-electron chi connectivity index (χ2n) is 4.04. The minimum Gasteiger partial charge on any atom is -0.481 e. The second kappa shape index (κ2) is 5.81. The van der Waals surface area contributed by atoms with E-state index in [-0.39, 0.29) is 17.1 Å². The van der Waals surface area contributed by atoms with E-state index in [2.05, 4.69) is 10.3 Å². The van der Waals surface area contributed by atoms with E-state index in [9.17, 15) is 19.5 Å². The van der Waals surface area contributed by atoms with E-state index >= 15 is 0 Å². The number of thiazole rings is 1. The second-order valence-corrected chi connectivity index (χ2v) is 4.88. The van der Waals surface area contributed by atoms with Crippen molar-refractivity contribution < 1.29 is 14.7 Å². The summed E-state index contributed by atoms with van der Waals surface area (Å²) in [5.41, 5.74) is -0.789. The summed E-state index contributed by atoms with van der Waals surface area (Å²) in [7, 11) is 0. The van der Waals surface area contributed by atoms with Crippen LogP contribution < -0.4 is 10.2 Å². The first-order chi connectivity index (χ1) is 8.45. The maximum atomic E-state index is 11.7. The van der Waals surface area contributed by atoms with Crippen LogP contribution in [0, 0.1) is 5.41 Å². The molecule has 0 aromatic carbocycles. The fourth-order valence-corrected chi connectivity index (χ4v) is 2.17. The highest BCUT2D eigenvalue weighted by atomic mass is 32.1. The lowest BCUT2D eigenvalue weighted by Crippen LogP contribution is -2.42. The molecule has 0 saturated heterocycles. The third-order valence-corrected chi connectivity index (χ3v) is 3.83. The van der Waals surface area contributed by atoms with Crippen LogP contribution in [0.15, 0.2) is 10.2 Å². The zero-order valence-electron chi connectivity index (χ0n) is 10.3. The van der Waals surface area contributed by atoms with Crippen LogP contribution in [0.5, 0.6) is 0 Å². The summed E-state index contributed by atoms with van der Waals surface area (Å²) in [5.74, 6) is -1.38. The van der Waals surface area contributed by atoms with Crippen molar-refractivity contribution in [2.45, 2.75) is 26.7 Å². The zero-order chi connectivity index (χ0) is 13.8. The minimum absolute atomic E-state index is 0.0477. The van der Waals surface area contributed by atoms with Crippen molar-refractivity contribution >= 4 is 23.2 Å². The molecule has 0 fully saturated rings. The van der Waals surface area contributed by atoms with E-state index < -0.39 is 17.3 Å². The van der Waals surface area contributed by atoms with E-state index in [1.54, 1.807) is 13.8 Å². The average Bonchev–Trinajstić information content (AvgIpc) is 2.77. The number of carboxylic acid groups (broad SMARTS) is 1. The molecule has 1 heterocycles. The van der Waals surface area contributed by atoms with Gasteiger partial charge in [0.25, 0.3) is 5.91 Å². The third kappa shape index (κ3) is 2.98. The summed E-state index contributed by atoms with van der Waals surface area (Å²) in [6.07, 6.45) is 0.860. The molecule has 7 heteroatoms. The van der Waals surface area contributed by atoms with Gasteiger partial charge in [0.1, 0.15) is 5.69 Å². The first kappa shape index (κ1) is 14.4. The fourth-order valence-electron chi connectivity index (χ4n) is 1.61. The molecule has 1 aromatic heterocycles. The number of hydrogen-bond donors (Lipinski definition) is 3. The normalized spacial score (nSPS) is 11.2. The van der Waals surface area contributed by atoms with Gasteiger partial charge in [-0.1, -0.05) is 25.2 Å². The van der Waals surface area contributed by atoms with Crippen molar-refractivity contribution in [1.82, 2.24) is 10.3 Å². The number of amides is 1. The number of carbonyl (C=O) groups excluding carboxylic acids is 1. The Labute approximate surface area is 108 Å². The maximum Gasteiger partial charge on any atom is 0.311 e. The number of aromatic nitrogens is 1. The molecule has 6 nitrogen and oxygen atoms in total. The van der Waals surface area contributed by atoms with E-state index in [1.165, 1.54) is 5.38 Å². The number of hydrogen-bond acceptors (Lipinski definition) is 4. The standard InChI is InChI=1S/C11H16N2O4S/c1-3-11(4-2,9(15)16)6-12-8(14)7-5-18-10(17)13-7/h5H,3-4,6H2,1-2H3,(H,12,14)(H,13,17)(H,15,16). The topological polar surface area (TPSA) is 99.3 Å². The van der Waals surface area contributed by atoms with Crippen molar-refractivity contribution in [2.75, 3.05) is 6.54 Å². The summed E-state index contributed by atoms with van der Waals surface area (Å²) < 4.78 is 0.